The van der Waals surface area contributed by atoms with Gasteiger partial charge >= 0.3 is 0 Å². The summed E-state index contributed by atoms with van der Waals surface area (Å²) in [5.41, 5.74) is 3.36. The van der Waals surface area contributed by atoms with Gasteiger partial charge in [-0.3, -0.25) is 0 Å². The summed E-state index contributed by atoms with van der Waals surface area (Å²) >= 11 is 0. The van der Waals surface area contributed by atoms with Gasteiger partial charge in [-0.2, -0.15) is 0 Å². The average Bonchev–Trinajstić information content (AvgIpc) is 3.63. The Hall–Kier alpha value is -3.20. The van der Waals surface area contributed by atoms with Crippen molar-refractivity contribution in [2.24, 2.45) is 0 Å². The molecule has 148 valence electrons. The third-order valence-electron chi connectivity index (χ3n) is 5.86. The molecule has 4 aromatic rings. The second-order valence-electron chi connectivity index (χ2n) is 7.72. The lowest BCUT2D eigenvalue weighted by Gasteiger charge is -2.36. The minimum absolute atomic E-state index is 0.384. The van der Waals surface area contributed by atoms with Crippen LogP contribution < -0.4 is 0 Å². The molecule has 0 spiro atoms. The normalized spacial score (nSPS) is 18.1. The SMILES string of the molecule is c1ccc(C2(COC(c3ccccc3)(c3ccccc3)c3ccccc3)CO2)cc1. The van der Waals surface area contributed by atoms with Gasteiger partial charge in [0.1, 0.15) is 11.2 Å². The predicted octanol–water partition coefficient (Wildman–Crippen LogP) is 5.92. The third kappa shape index (κ3) is 3.35. The van der Waals surface area contributed by atoms with Crippen LogP contribution in [-0.2, 0) is 20.7 Å². The maximum Gasteiger partial charge on any atom is 0.143 e. The first-order valence-corrected chi connectivity index (χ1v) is 10.3. The molecule has 1 atom stereocenters. The van der Waals surface area contributed by atoms with Gasteiger partial charge in [0.2, 0.25) is 0 Å². The van der Waals surface area contributed by atoms with Crippen molar-refractivity contribution >= 4 is 0 Å². The van der Waals surface area contributed by atoms with Gasteiger partial charge in [-0.15, -0.1) is 0 Å². The monoisotopic (exact) mass is 392 g/mol. The molecule has 0 bridgehead atoms. The Kier molecular flexibility index (Phi) is 4.96. The van der Waals surface area contributed by atoms with E-state index >= 15 is 0 Å². The van der Waals surface area contributed by atoms with E-state index in [0.717, 1.165) is 22.3 Å². The summed E-state index contributed by atoms with van der Waals surface area (Å²) in [5.74, 6) is 0. The minimum Gasteiger partial charge on any atom is -0.362 e. The van der Waals surface area contributed by atoms with E-state index in [-0.39, 0.29) is 5.60 Å². The molecule has 1 unspecified atom stereocenters. The van der Waals surface area contributed by atoms with E-state index in [9.17, 15) is 0 Å². The summed E-state index contributed by atoms with van der Waals surface area (Å²) in [6, 6.07) is 41.8. The molecule has 30 heavy (non-hydrogen) atoms. The number of hydrogen-bond acceptors (Lipinski definition) is 2. The third-order valence-corrected chi connectivity index (χ3v) is 5.86. The topological polar surface area (TPSA) is 21.8 Å². The Balaban J connectivity index is 1.63. The molecule has 2 heteroatoms. The lowest BCUT2D eigenvalue weighted by molar-refractivity contribution is -0.0185. The first-order chi connectivity index (χ1) is 14.8. The van der Waals surface area contributed by atoms with Crippen LogP contribution in [0, 0.1) is 0 Å². The van der Waals surface area contributed by atoms with Crippen molar-refractivity contribution in [2.75, 3.05) is 13.2 Å². The fourth-order valence-electron chi connectivity index (χ4n) is 4.16. The van der Waals surface area contributed by atoms with Crippen molar-refractivity contribution in [3.05, 3.63) is 144 Å². The molecule has 1 saturated heterocycles. The van der Waals surface area contributed by atoms with Crippen LogP contribution in [0.2, 0.25) is 0 Å². The summed E-state index contributed by atoms with van der Waals surface area (Å²) in [7, 11) is 0. The highest BCUT2D eigenvalue weighted by molar-refractivity contribution is 5.47. The van der Waals surface area contributed by atoms with Gasteiger partial charge in [0.15, 0.2) is 0 Å². The van der Waals surface area contributed by atoms with Crippen LogP contribution in [0.3, 0.4) is 0 Å². The Morgan fingerprint density at radius 1 is 0.600 bits per heavy atom. The highest BCUT2D eigenvalue weighted by Gasteiger charge is 2.50. The lowest BCUT2D eigenvalue weighted by atomic mass is 9.80. The summed E-state index contributed by atoms with van der Waals surface area (Å²) < 4.78 is 12.9. The molecule has 0 N–H and O–H groups in total. The van der Waals surface area contributed by atoms with Crippen molar-refractivity contribution < 1.29 is 9.47 Å². The number of ether oxygens (including phenoxy) is 2. The fourth-order valence-corrected chi connectivity index (χ4v) is 4.16. The standard InChI is InChI=1S/C28H24O2/c1-5-13-23(14-6-1)27(21-29-27)22-30-28(24-15-7-2-8-16-24,25-17-9-3-10-18-25)26-19-11-4-12-20-26/h1-20H,21-22H2. The van der Waals surface area contributed by atoms with Crippen LogP contribution in [0.25, 0.3) is 0 Å². The molecule has 5 rings (SSSR count). The molecule has 0 radical (unpaired) electrons. The number of epoxide rings is 1. The van der Waals surface area contributed by atoms with Gasteiger partial charge in [0.05, 0.1) is 13.2 Å². The minimum atomic E-state index is -0.725. The average molecular weight is 392 g/mol. The Morgan fingerprint density at radius 2 is 0.967 bits per heavy atom. The smallest absolute Gasteiger partial charge is 0.143 e. The van der Waals surface area contributed by atoms with Gasteiger partial charge in [-0.25, -0.2) is 0 Å². The van der Waals surface area contributed by atoms with Crippen molar-refractivity contribution in [3.63, 3.8) is 0 Å². The first-order valence-electron chi connectivity index (χ1n) is 10.3. The molecule has 0 amide bonds. The van der Waals surface area contributed by atoms with E-state index in [2.05, 4.69) is 97.1 Å². The van der Waals surface area contributed by atoms with Gasteiger partial charge < -0.3 is 9.47 Å². The molecular weight excluding hydrogens is 368 g/mol. The molecule has 2 nitrogen and oxygen atoms in total. The molecule has 0 aliphatic carbocycles. The van der Waals surface area contributed by atoms with Crippen molar-refractivity contribution in [3.8, 4) is 0 Å². The van der Waals surface area contributed by atoms with E-state index in [1.807, 2.05) is 24.3 Å². The number of rotatable bonds is 7. The zero-order valence-electron chi connectivity index (χ0n) is 16.8. The molecule has 1 fully saturated rings. The zero-order chi connectivity index (χ0) is 20.3. The number of hydrogen-bond donors (Lipinski definition) is 0. The second-order valence-corrected chi connectivity index (χ2v) is 7.72. The molecular formula is C28H24O2. The number of benzene rings is 4. The Bertz CT molecular complexity index is 976. The Morgan fingerprint density at radius 3 is 1.33 bits per heavy atom. The van der Waals surface area contributed by atoms with Crippen LogP contribution in [0.5, 0.6) is 0 Å². The van der Waals surface area contributed by atoms with E-state index in [1.54, 1.807) is 0 Å². The Labute approximate surface area is 177 Å². The van der Waals surface area contributed by atoms with E-state index in [1.165, 1.54) is 0 Å². The molecule has 1 aliphatic rings. The second kappa shape index (κ2) is 7.91. The van der Waals surface area contributed by atoms with Crippen molar-refractivity contribution in [1.82, 2.24) is 0 Å². The highest BCUT2D eigenvalue weighted by atomic mass is 16.6. The summed E-state index contributed by atoms with van der Waals surface area (Å²) in [6.07, 6.45) is 0. The quantitative estimate of drug-likeness (QED) is 0.288. The van der Waals surface area contributed by atoms with E-state index < -0.39 is 5.60 Å². The lowest BCUT2D eigenvalue weighted by Crippen LogP contribution is -2.36. The maximum atomic E-state index is 6.94. The van der Waals surface area contributed by atoms with Crippen LogP contribution in [0.4, 0.5) is 0 Å². The van der Waals surface area contributed by atoms with Crippen LogP contribution in [-0.4, -0.2) is 13.2 Å². The van der Waals surface area contributed by atoms with E-state index in [4.69, 9.17) is 9.47 Å². The largest absolute Gasteiger partial charge is 0.362 e. The maximum absolute atomic E-state index is 6.94. The summed E-state index contributed by atoms with van der Waals surface area (Å²) in [6.45, 7) is 1.14. The molecule has 1 aliphatic heterocycles. The summed E-state index contributed by atoms with van der Waals surface area (Å²) in [5, 5.41) is 0. The zero-order valence-corrected chi connectivity index (χ0v) is 16.8. The molecule has 1 heterocycles. The van der Waals surface area contributed by atoms with Crippen LogP contribution >= 0.6 is 0 Å². The van der Waals surface area contributed by atoms with Crippen molar-refractivity contribution in [1.29, 1.82) is 0 Å². The molecule has 0 saturated carbocycles. The van der Waals surface area contributed by atoms with E-state index in [0.29, 0.717) is 13.2 Å². The van der Waals surface area contributed by atoms with Gasteiger partial charge in [-0.05, 0) is 22.3 Å². The van der Waals surface area contributed by atoms with Gasteiger partial charge in [-0.1, -0.05) is 121 Å². The van der Waals surface area contributed by atoms with Gasteiger partial charge in [0.25, 0.3) is 0 Å². The van der Waals surface area contributed by atoms with Crippen molar-refractivity contribution in [2.45, 2.75) is 11.2 Å². The van der Waals surface area contributed by atoms with Gasteiger partial charge in [0, 0.05) is 0 Å². The highest BCUT2D eigenvalue weighted by Crippen LogP contribution is 2.45. The first kappa shape index (κ1) is 18.8. The van der Waals surface area contributed by atoms with Crippen LogP contribution in [0.1, 0.15) is 22.3 Å². The molecule has 0 aromatic heterocycles. The van der Waals surface area contributed by atoms with Crippen LogP contribution in [0.15, 0.2) is 121 Å². The summed E-state index contributed by atoms with van der Waals surface area (Å²) in [4.78, 5) is 0. The predicted molar refractivity (Wildman–Crippen MR) is 119 cm³/mol. The fraction of sp³-hybridized carbons (Fsp3) is 0.143. The molecule has 4 aromatic carbocycles.